The van der Waals surface area contributed by atoms with E-state index in [4.69, 9.17) is 0 Å². The molecule has 1 aromatic heterocycles. The summed E-state index contributed by atoms with van der Waals surface area (Å²) in [5.74, 6) is 3.05. The molecule has 0 unspecified atom stereocenters. The van der Waals surface area contributed by atoms with Gasteiger partial charge in [0.1, 0.15) is 17.5 Å². The summed E-state index contributed by atoms with van der Waals surface area (Å²) in [5, 5.41) is 6.53. The van der Waals surface area contributed by atoms with E-state index >= 15 is 0 Å². The van der Waals surface area contributed by atoms with E-state index in [2.05, 4.69) is 48.3 Å². The van der Waals surface area contributed by atoms with Gasteiger partial charge in [0.05, 0.1) is 0 Å². The number of aromatic nitrogens is 2. The minimum Gasteiger partial charge on any atom is -0.370 e. The molecule has 0 aliphatic carbocycles. The maximum absolute atomic E-state index is 4.49. The molecular formula is C12H22N4. The Morgan fingerprint density at radius 3 is 2.25 bits per heavy atom. The van der Waals surface area contributed by atoms with Crippen LogP contribution in [-0.2, 0) is 0 Å². The molecule has 0 atom stereocenters. The van der Waals surface area contributed by atoms with Gasteiger partial charge in [-0.3, -0.25) is 0 Å². The number of nitrogens with zero attached hydrogens (tertiary/aromatic N) is 2. The first-order valence-corrected chi connectivity index (χ1v) is 6.04. The first-order chi connectivity index (χ1) is 7.67. The monoisotopic (exact) mass is 222 g/mol. The van der Waals surface area contributed by atoms with Crippen LogP contribution in [0.3, 0.4) is 0 Å². The van der Waals surface area contributed by atoms with Crippen molar-refractivity contribution in [2.24, 2.45) is 0 Å². The Labute approximate surface area is 97.9 Å². The first kappa shape index (κ1) is 12.7. The maximum atomic E-state index is 4.49. The number of rotatable bonds is 6. The molecule has 0 fully saturated rings. The van der Waals surface area contributed by atoms with Crippen molar-refractivity contribution in [3.8, 4) is 0 Å². The summed E-state index contributed by atoms with van der Waals surface area (Å²) in [4.78, 5) is 8.96. The van der Waals surface area contributed by atoms with Crippen molar-refractivity contribution in [2.45, 2.75) is 40.0 Å². The van der Waals surface area contributed by atoms with Crippen molar-refractivity contribution >= 4 is 11.6 Å². The average Bonchev–Trinajstić information content (AvgIpc) is 2.26. The van der Waals surface area contributed by atoms with Gasteiger partial charge in [-0.05, 0) is 13.3 Å². The standard InChI is InChI=1S/C12H22N4/c1-5-7-14-11-8-10(13-6-2)15-12(16-11)9(3)4/h8-9H,5-7H2,1-4H3,(H2,13,14,15,16). The van der Waals surface area contributed by atoms with Gasteiger partial charge in [-0.2, -0.15) is 0 Å². The van der Waals surface area contributed by atoms with E-state index in [9.17, 15) is 0 Å². The zero-order valence-electron chi connectivity index (χ0n) is 10.7. The zero-order valence-corrected chi connectivity index (χ0v) is 10.7. The molecule has 16 heavy (non-hydrogen) atoms. The second kappa shape index (κ2) is 6.30. The van der Waals surface area contributed by atoms with E-state index < -0.39 is 0 Å². The van der Waals surface area contributed by atoms with Gasteiger partial charge in [-0.25, -0.2) is 9.97 Å². The van der Waals surface area contributed by atoms with E-state index in [1.807, 2.05) is 6.07 Å². The second-order valence-corrected chi connectivity index (χ2v) is 4.11. The van der Waals surface area contributed by atoms with E-state index in [0.29, 0.717) is 5.92 Å². The topological polar surface area (TPSA) is 49.8 Å². The largest absolute Gasteiger partial charge is 0.370 e. The molecule has 4 nitrogen and oxygen atoms in total. The Bertz CT molecular complexity index is 323. The van der Waals surface area contributed by atoms with Gasteiger partial charge in [-0.1, -0.05) is 20.8 Å². The average molecular weight is 222 g/mol. The fraction of sp³-hybridized carbons (Fsp3) is 0.667. The van der Waals surface area contributed by atoms with Crippen LogP contribution in [0, 0.1) is 0 Å². The van der Waals surface area contributed by atoms with Crippen molar-refractivity contribution in [3.05, 3.63) is 11.9 Å². The number of anilines is 2. The zero-order chi connectivity index (χ0) is 12.0. The van der Waals surface area contributed by atoms with Gasteiger partial charge in [0.15, 0.2) is 0 Å². The molecule has 0 bridgehead atoms. The molecule has 0 radical (unpaired) electrons. The fourth-order valence-corrected chi connectivity index (χ4v) is 1.34. The Morgan fingerprint density at radius 1 is 1.12 bits per heavy atom. The van der Waals surface area contributed by atoms with Gasteiger partial charge in [0.2, 0.25) is 0 Å². The minimum absolute atomic E-state index is 0.348. The highest BCUT2D eigenvalue weighted by molar-refractivity contribution is 5.47. The molecular weight excluding hydrogens is 200 g/mol. The predicted molar refractivity (Wildman–Crippen MR) is 69.1 cm³/mol. The Hall–Kier alpha value is -1.32. The summed E-state index contributed by atoms with van der Waals surface area (Å²) in [7, 11) is 0. The molecule has 0 aromatic carbocycles. The molecule has 1 rings (SSSR count). The lowest BCUT2D eigenvalue weighted by Gasteiger charge is -2.11. The van der Waals surface area contributed by atoms with Crippen LogP contribution in [0.5, 0.6) is 0 Å². The normalized spacial score (nSPS) is 10.6. The molecule has 4 heteroatoms. The van der Waals surface area contributed by atoms with Crippen molar-refractivity contribution in [2.75, 3.05) is 23.7 Å². The highest BCUT2D eigenvalue weighted by Gasteiger charge is 2.07. The third-order valence-corrected chi connectivity index (χ3v) is 2.17. The molecule has 0 aliphatic rings. The minimum atomic E-state index is 0.348. The molecule has 0 spiro atoms. The van der Waals surface area contributed by atoms with Crippen LogP contribution in [0.15, 0.2) is 6.07 Å². The van der Waals surface area contributed by atoms with E-state index in [1.165, 1.54) is 0 Å². The molecule has 2 N–H and O–H groups in total. The molecule has 1 aromatic rings. The number of hydrogen-bond donors (Lipinski definition) is 2. The third-order valence-electron chi connectivity index (χ3n) is 2.17. The van der Waals surface area contributed by atoms with Gasteiger partial charge < -0.3 is 10.6 Å². The third kappa shape index (κ3) is 3.68. The highest BCUT2D eigenvalue weighted by Crippen LogP contribution is 2.16. The summed E-state index contributed by atoms with van der Waals surface area (Å²) in [6.45, 7) is 10.2. The summed E-state index contributed by atoms with van der Waals surface area (Å²) in [6, 6.07) is 1.96. The maximum Gasteiger partial charge on any atom is 0.135 e. The quantitative estimate of drug-likeness (QED) is 0.777. The Balaban J connectivity index is 2.89. The van der Waals surface area contributed by atoms with Crippen LogP contribution >= 0.6 is 0 Å². The number of hydrogen-bond acceptors (Lipinski definition) is 4. The molecule has 0 saturated heterocycles. The van der Waals surface area contributed by atoms with Crippen LogP contribution in [-0.4, -0.2) is 23.1 Å². The SMILES string of the molecule is CCCNc1cc(NCC)nc(C(C)C)n1. The highest BCUT2D eigenvalue weighted by atomic mass is 15.1. The fourth-order valence-electron chi connectivity index (χ4n) is 1.34. The van der Waals surface area contributed by atoms with Gasteiger partial charge in [0, 0.05) is 25.1 Å². The lowest BCUT2D eigenvalue weighted by Crippen LogP contribution is -2.09. The first-order valence-electron chi connectivity index (χ1n) is 6.04. The van der Waals surface area contributed by atoms with Gasteiger partial charge in [0.25, 0.3) is 0 Å². The molecule has 0 amide bonds. The van der Waals surface area contributed by atoms with E-state index in [-0.39, 0.29) is 0 Å². The smallest absolute Gasteiger partial charge is 0.135 e. The van der Waals surface area contributed by atoms with Crippen LogP contribution in [0.4, 0.5) is 11.6 Å². The van der Waals surface area contributed by atoms with Gasteiger partial charge >= 0.3 is 0 Å². The van der Waals surface area contributed by atoms with Crippen molar-refractivity contribution in [3.63, 3.8) is 0 Å². The summed E-state index contributed by atoms with van der Waals surface area (Å²) in [6.07, 6.45) is 1.09. The van der Waals surface area contributed by atoms with Crippen molar-refractivity contribution in [1.29, 1.82) is 0 Å². The molecule has 1 heterocycles. The second-order valence-electron chi connectivity index (χ2n) is 4.11. The Kier molecular flexibility index (Phi) is 5.02. The van der Waals surface area contributed by atoms with Crippen LogP contribution < -0.4 is 10.6 Å². The van der Waals surface area contributed by atoms with Crippen LogP contribution in [0.1, 0.15) is 45.9 Å². The van der Waals surface area contributed by atoms with Gasteiger partial charge in [-0.15, -0.1) is 0 Å². The molecule has 0 saturated carbocycles. The van der Waals surface area contributed by atoms with Crippen LogP contribution in [0.25, 0.3) is 0 Å². The summed E-state index contributed by atoms with van der Waals surface area (Å²) < 4.78 is 0. The lowest BCUT2D eigenvalue weighted by atomic mass is 10.2. The van der Waals surface area contributed by atoms with E-state index in [0.717, 1.165) is 37.0 Å². The van der Waals surface area contributed by atoms with Crippen LogP contribution in [0.2, 0.25) is 0 Å². The van der Waals surface area contributed by atoms with Crippen molar-refractivity contribution < 1.29 is 0 Å². The van der Waals surface area contributed by atoms with Crippen molar-refractivity contribution in [1.82, 2.24) is 9.97 Å². The van der Waals surface area contributed by atoms with E-state index in [1.54, 1.807) is 0 Å². The number of nitrogens with one attached hydrogen (secondary N) is 2. The Morgan fingerprint density at radius 2 is 1.75 bits per heavy atom. The molecule has 90 valence electrons. The predicted octanol–water partition coefficient (Wildman–Crippen LogP) is 2.85. The molecule has 0 aliphatic heterocycles. The summed E-state index contributed by atoms with van der Waals surface area (Å²) in [5.41, 5.74) is 0. The summed E-state index contributed by atoms with van der Waals surface area (Å²) >= 11 is 0. The lowest BCUT2D eigenvalue weighted by molar-refractivity contribution is 0.774.